The van der Waals surface area contributed by atoms with Crippen molar-refractivity contribution in [2.75, 3.05) is 13.2 Å². The van der Waals surface area contributed by atoms with Crippen LogP contribution in [0.2, 0.25) is 0 Å². The summed E-state index contributed by atoms with van der Waals surface area (Å²) < 4.78 is 4.85. The maximum absolute atomic E-state index is 11.5. The second-order valence-electron chi connectivity index (χ2n) is 3.41. The van der Waals surface area contributed by atoms with Gasteiger partial charge in [0, 0.05) is 0 Å². The number of carbonyl (C=O) groups excluding carboxylic acids is 1. The molecule has 86 valence electrons. The van der Waals surface area contributed by atoms with Gasteiger partial charge in [0.05, 0.1) is 12.2 Å². The second-order valence-corrected chi connectivity index (χ2v) is 3.41. The summed E-state index contributed by atoms with van der Waals surface area (Å²) in [5, 5.41) is 18.4. The Bertz CT molecular complexity index is 361. The summed E-state index contributed by atoms with van der Waals surface area (Å²) in [4.78, 5) is 11.5. The van der Waals surface area contributed by atoms with Crippen molar-refractivity contribution in [3.05, 3.63) is 48.6 Å². The van der Waals surface area contributed by atoms with Crippen LogP contribution in [-0.2, 0) is 4.74 Å². The lowest BCUT2D eigenvalue weighted by Gasteiger charge is -2.20. The zero-order valence-electron chi connectivity index (χ0n) is 8.80. The molecule has 0 saturated carbocycles. The number of benzene rings is 1. The molecule has 0 aliphatic rings. The van der Waals surface area contributed by atoms with E-state index in [1.165, 1.54) is 0 Å². The Hall–Kier alpha value is -1.65. The third kappa shape index (κ3) is 3.18. The Balaban J connectivity index is 2.57. The Morgan fingerprint density at radius 1 is 1.44 bits per heavy atom. The summed E-state index contributed by atoms with van der Waals surface area (Å²) in [7, 11) is 0. The maximum atomic E-state index is 11.5. The molecule has 0 heterocycles. The van der Waals surface area contributed by atoms with Gasteiger partial charge in [-0.2, -0.15) is 0 Å². The van der Waals surface area contributed by atoms with E-state index in [0.717, 1.165) is 6.08 Å². The molecule has 1 aromatic rings. The normalized spacial score (nSPS) is 13.9. The number of hydrogen-bond acceptors (Lipinski definition) is 4. The maximum Gasteiger partial charge on any atom is 0.338 e. The predicted octanol–water partition coefficient (Wildman–Crippen LogP) is 0.753. The lowest BCUT2D eigenvalue weighted by Crippen LogP contribution is -2.37. The van der Waals surface area contributed by atoms with Gasteiger partial charge in [-0.15, -0.1) is 6.58 Å². The molecule has 4 nitrogen and oxygen atoms in total. The van der Waals surface area contributed by atoms with E-state index in [9.17, 15) is 9.90 Å². The zero-order valence-corrected chi connectivity index (χ0v) is 8.80. The molecule has 0 aromatic heterocycles. The van der Waals surface area contributed by atoms with E-state index in [-0.39, 0.29) is 6.61 Å². The summed E-state index contributed by atoms with van der Waals surface area (Å²) in [5.74, 6) is -0.547. The van der Waals surface area contributed by atoms with Crippen molar-refractivity contribution < 1.29 is 19.7 Å². The molecule has 0 amide bonds. The largest absolute Gasteiger partial charge is 0.459 e. The average Bonchev–Trinajstić information content (AvgIpc) is 2.36. The fourth-order valence-corrected chi connectivity index (χ4v) is 1.02. The van der Waals surface area contributed by atoms with E-state index in [2.05, 4.69) is 6.58 Å². The molecular weight excluding hydrogens is 208 g/mol. The lowest BCUT2D eigenvalue weighted by molar-refractivity contribution is -0.0321. The Morgan fingerprint density at radius 3 is 2.56 bits per heavy atom. The van der Waals surface area contributed by atoms with Crippen LogP contribution >= 0.6 is 0 Å². The third-order valence-corrected chi connectivity index (χ3v) is 2.12. The summed E-state index contributed by atoms with van der Waals surface area (Å²) in [6.45, 7) is 2.49. The van der Waals surface area contributed by atoms with Crippen LogP contribution in [0.5, 0.6) is 0 Å². The lowest BCUT2D eigenvalue weighted by atomic mass is 10.1. The number of hydrogen-bond donors (Lipinski definition) is 2. The number of rotatable bonds is 5. The van der Waals surface area contributed by atoms with E-state index >= 15 is 0 Å². The third-order valence-electron chi connectivity index (χ3n) is 2.12. The highest BCUT2D eigenvalue weighted by atomic mass is 16.5. The number of aliphatic hydroxyl groups excluding tert-OH is 1. The zero-order chi connectivity index (χ0) is 12.0. The van der Waals surface area contributed by atoms with E-state index in [4.69, 9.17) is 9.84 Å². The van der Waals surface area contributed by atoms with Crippen LogP contribution in [0.25, 0.3) is 0 Å². The molecule has 0 bridgehead atoms. The highest BCUT2D eigenvalue weighted by Crippen LogP contribution is 2.08. The van der Waals surface area contributed by atoms with E-state index in [1.54, 1.807) is 30.3 Å². The number of carbonyl (C=O) groups is 1. The monoisotopic (exact) mass is 222 g/mol. The molecule has 0 aliphatic heterocycles. The van der Waals surface area contributed by atoms with E-state index in [1.807, 2.05) is 0 Å². The van der Waals surface area contributed by atoms with E-state index in [0.29, 0.717) is 5.56 Å². The molecule has 0 aliphatic carbocycles. The van der Waals surface area contributed by atoms with Gasteiger partial charge in [0.15, 0.2) is 0 Å². The minimum absolute atomic E-state index is 0.319. The molecule has 1 rings (SSSR count). The summed E-state index contributed by atoms with van der Waals surface area (Å²) in [6.07, 6.45) is 1.14. The number of ether oxygens (including phenoxy) is 1. The number of aliphatic hydroxyl groups is 2. The Kier molecular flexibility index (Phi) is 4.22. The van der Waals surface area contributed by atoms with Gasteiger partial charge in [0.25, 0.3) is 0 Å². The van der Waals surface area contributed by atoms with Crippen molar-refractivity contribution in [1.29, 1.82) is 0 Å². The van der Waals surface area contributed by atoms with Crippen molar-refractivity contribution in [3.63, 3.8) is 0 Å². The van der Waals surface area contributed by atoms with Crippen LogP contribution in [0.1, 0.15) is 10.4 Å². The quantitative estimate of drug-likeness (QED) is 0.570. The van der Waals surface area contributed by atoms with E-state index < -0.39 is 18.2 Å². The fourth-order valence-electron chi connectivity index (χ4n) is 1.02. The molecule has 0 radical (unpaired) electrons. The first-order valence-corrected chi connectivity index (χ1v) is 4.80. The molecule has 0 fully saturated rings. The summed E-state index contributed by atoms with van der Waals surface area (Å²) in [5.41, 5.74) is -1.18. The first kappa shape index (κ1) is 12.4. The van der Waals surface area contributed by atoms with Crippen molar-refractivity contribution in [2.24, 2.45) is 0 Å². The molecule has 1 unspecified atom stereocenters. The van der Waals surface area contributed by atoms with Crippen LogP contribution in [0.15, 0.2) is 43.0 Å². The minimum Gasteiger partial charge on any atom is -0.459 e. The summed E-state index contributed by atoms with van der Waals surface area (Å²) >= 11 is 0. The van der Waals surface area contributed by atoms with Gasteiger partial charge in [0.2, 0.25) is 0 Å². The molecule has 1 atom stereocenters. The SMILES string of the molecule is C=CC(O)(CO)COC(=O)c1ccccc1. The van der Waals surface area contributed by atoms with Gasteiger partial charge in [0.1, 0.15) is 12.2 Å². The topological polar surface area (TPSA) is 66.8 Å². The van der Waals surface area contributed by atoms with Gasteiger partial charge in [-0.1, -0.05) is 24.3 Å². The molecule has 1 aromatic carbocycles. The van der Waals surface area contributed by atoms with Gasteiger partial charge in [-0.05, 0) is 12.1 Å². The van der Waals surface area contributed by atoms with Gasteiger partial charge in [-0.3, -0.25) is 0 Å². The summed E-state index contributed by atoms with van der Waals surface area (Å²) in [6, 6.07) is 8.41. The first-order chi connectivity index (χ1) is 7.61. The van der Waals surface area contributed by atoms with Crippen molar-refractivity contribution in [3.8, 4) is 0 Å². The van der Waals surface area contributed by atoms with Crippen LogP contribution in [0, 0.1) is 0 Å². The van der Waals surface area contributed by atoms with Gasteiger partial charge in [-0.25, -0.2) is 4.79 Å². The highest BCUT2D eigenvalue weighted by molar-refractivity contribution is 5.89. The Labute approximate surface area is 93.8 Å². The first-order valence-electron chi connectivity index (χ1n) is 4.80. The fraction of sp³-hybridized carbons (Fsp3) is 0.250. The molecular formula is C12H14O4. The average molecular weight is 222 g/mol. The smallest absolute Gasteiger partial charge is 0.338 e. The molecule has 2 N–H and O–H groups in total. The molecule has 0 saturated heterocycles. The van der Waals surface area contributed by atoms with Crippen LogP contribution in [0.3, 0.4) is 0 Å². The standard InChI is InChI=1S/C12H14O4/c1-2-12(15,8-13)9-16-11(14)10-6-4-3-5-7-10/h2-7,13,15H,1,8-9H2. The van der Waals surface area contributed by atoms with Crippen LogP contribution in [0.4, 0.5) is 0 Å². The number of esters is 1. The van der Waals surface area contributed by atoms with Crippen molar-refractivity contribution >= 4 is 5.97 Å². The van der Waals surface area contributed by atoms with Crippen LogP contribution < -0.4 is 0 Å². The molecule has 4 heteroatoms. The van der Waals surface area contributed by atoms with Crippen molar-refractivity contribution in [2.45, 2.75) is 5.60 Å². The van der Waals surface area contributed by atoms with Gasteiger partial charge >= 0.3 is 5.97 Å². The molecule has 16 heavy (non-hydrogen) atoms. The van der Waals surface area contributed by atoms with Crippen LogP contribution in [-0.4, -0.2) is 35.0 Å². The highest BCUT2D eigenvalue weighted by Gasteiger charge is 2.24. The second kappa shape index (κ2) is 5.44. The predicted molar refractivity (Wildman–Crippen MR) is 59.0 cm³/mol. The van der Waals surface area contributed by atoms with Crippen molar-refractivity contribution in [1.82, 2.24) is 0 Å². The van der Waals surface area contributed by atoms with Gasteiger partial charge < -0.3 is 14.9 Å². The minimum atomic E-state index is -1.58. The molecule has 0 spiro atoms. The Morgan fingerprint density at radius 2 is 2.06 bits per heavy atom.